The van der Waals surface area contributed by atoms with Crippen molar-refractivity contribution >= 4 is 21.1 Å². The third-order valence-corrected chi connectivity index (χ3v) is 6.74. The molecule has 1 atom stereocenters. The Bertz CT molecular complexity index is 1080. The first-order valence-corrected chi connectivity index (χ1v) is 10.5. The lowest BCUT2D eigenvalue weighted by Gasteiger charge is -2.22. The van der Waals surface area contributed by atoms with E-state index in [-0.39, 0.29) is 5.56 Å². The molecule has 0 saturated carbocycles. The summed E-state index contributed by atoms with van der Waals surface area (Å²) in [5.41, 5.74) is 0.833. The van der Waals surface area contributed by atoms with Crippen LogP contribution in [0.25, 0.3) is 11.0 Å². The Morgan fingerprint density at radius 3 is 2.68 bits per heavy atom. The summed E-state index contributed by atoms with van der Waals surface area (Å²) in [4.78, 5) is 7.67. The fourth-order valence-electron chi connectivity index (χ4n) is 3.61. The number of aromatic nitrogens is 2. The van der Waals surface area contributed by atoms with Gasteiger partial charge in [0.05, 0.1) is 28.4 Å². The summed E-state index contributed by atoms with van der Waals surface area (Å²) in [7, 11) is -3.80. The van der Waals surface area contributed by atoms with Gasteiger partial charge in [0.25, 0.3) is 0 Å². The number of nitrogens with zero attached hydrogens (tertiary/aromatic N) is 2. The minimum absolute atomic E-state index is 0.116. The van der Waals surface area contributed by atoms with E-state index in [1.807, 2.05) is 24.3 Å². The van der Waals surface area contributed by atoms with E-state index in [1.165, 1.54) is 16.4 Å². The summed E-state index contributed by atoms with van der Waals surface area (Å²) in [5, 5.41) is 0. The smallest absolute Gasteiger partial charge is 0.341 e. The first kappa shape index (κ1) is 18.9. The Kier molecular flexibility index (Phi) is 4.67. The highest BCUT2D eigenvalue weighted by molar-refractivity contribution is 7.88. The number of rotatable bonds is 4. The standard InChI is InChI=1S/C19H18F3N3O2S/c20-19(21,22)14-6-3-5-13(11-14)12-28(26,27)25-10-4-9-17(25)18-23-15-7-1-2-8-16(15)24-18/h1-3,5-8,11,17H,4,9-10,12H2,(H,23,24). The molecule has 1 aromatic heterocycles. The van der Waals surface area contributed by atoms with Crippen molar-refractivity contribution in [1.29, 1.82) is 0 Å². The van der Waals surface area contributed by atoms with Gasteiger partial charge in [-0.05, 0) is 36.6 Å². The summed E-state index contributed by atoms with van der Waals surface area (Å²) in [6.45, 7) is 0.322. The van der Waals surface area contributed by atoms with Crippen molar-refractivity contribution in [3.8, 4) is 0 Å². The van der Waals surface area contributed by atoms with Crippen LogP contribution in [-0.4, -0.2) is 29.2 Å². The number of fused-ring (bicyclic) bond motifs is 1. The second kappa shape index (κ2) is 6.89. The largest absolute Gasteiger partial charge is 0.416 e. The molecule has 28 heavy (non-hydrogen) atoms. The number of imidazole rings is 1. The highest BCUT2D eigenvalue weighted by atomic mass is 32.2. The summed E-state index contributed by atoms with van der Waals surface area (Å²) in [6, 6.07) is 11.4. The number of alkyl halides is 3. The molecule has 1 saturated heterocycles. The van der Waals surface area contributed by atoms with E-state index in [0.717, 1.165) is 23.2 Å². The fourth-order valence-corrected chi connectivity index (χ4v) is 5.37. The molecule has 1 fully saturated rings. The highest BCUT2D eigenvalue weighted by Crippen LogP contribution is 2.35. The van der Waals surface area contributed by atoms with Gasteiger partial charge in [-0.1, -0.05) is 30.3 Å². The van der Waals surface area contributed by atoms with Crippen LogP contribution in [0.15, 0.2) is 48.5 Å². The molecular weight excluding hydrogens is 391 g/mol. The molecule has 5 nitrogen and oxygen atoms in total. The van der Waals surface area contributed by atoms with Gasteiger partial charge in [0.2, 0.25) is 10.0 Å². The normalized spacial score (nSPS) is 18.8. The van der Waals surface area contributed by atoms with Crippen LogP contribution in [0.4, 0.5) is 13.2 Å². The summed E-state index contributed by atoms with van der Waals surface area (Å²) < 4.78 is 66.0. The van der Waals surface area contributed by atoms with Crippen LogP contribution in [0.3, 0.4) is 0 Å². The predicted molar refractivity (Wildman–Crippen MR) is 98.8 cm³/mol. The number of halogens is 3. The molecule has 0 aliphatic carbocycles. The summed E-state index contributed by atoms with van der Waals surface area (Å²) in [6.07, 6.45) is -3.23. The first-order valence-electron chi connectivity index (χ1n) is 8.84. The molecule has 0 radical (unpaired) electrons. The number of benzene rings is 2. The van der Waals surface area contributed by atoms with E-state index in [9.17, 15) is 21.6 Å². The molecule has 4 rings (SSSR count). The Hall–Kier alpha value is -2.39. The van der Waals surface area contributed by atoms with Crippen molar-refractivity contribution in [1.82, 2.24) is 14.3 Å². The van der Waals surface area contributed by atoms with E-state index >= 15 is 0 Å². The van der Waals surface area contributed by atoms with Gasteiger partial charge >= 0.3 is 6.18 Å². The Morgan fingerprint density at radius 1 is 1.14 bits per heavy atom. The van der Waals surface area contributed by atoms with Gasteiger partial charge in [-0.3, -0.25) is 0 Å². The fraction of sp³-hybridized carbons (Fsp3) is 0.316. The Morgan fingerprint density at radius 2 is 1.93 bits per heavy atom. The minimum Gasteiger partial charge on any atom is -0.341 e. The number of hydrogen-bond donors (Lipinski definition) is 1. The monoisotopic (exact) mass is 409 g/mol. The number of hydrogen-bond acceptors (Lipinski definition) is 3. The van der Waals surface area contributed by atoms with E-state index in [4.69, 9.17) is 0 Å². The van der Waals surface area contributed by atoms with E-state index < -0.39 is 33.6 Å². The zero-order valence-corrected chi connectivity index (χ0v) is 15.6. The van der Waals surface area contributed by atoms with Gasteiger partial charge in [-0.25, -0.2) is 13.4 Å². The third kappa shape index (κ3) is 3.64. The maximum atomic E-state index is 13.0. The number of para-hydroxylation sites is 2. The van der Waals surface area contributed by atoms with Crippen LogP contribution in [0.1, 0.15) is 35.8 Å². The lowest BCUT2D eigenvalue weighted by Crippen LogP contribution is -2.32. The maximum Gasteiger partial charge on any atom is 0.416 e. The van der Waals surface area contributed by atoms with Crippen LogP contribution < -0.4 is 0 Å². The van der Waals surface area contributed by atoms with Gasteiger partial charge < -0.3 is 4.98 Å². The minimum atomic E-state index is -4.51. The number of sulfonamides is 1. The first-order chi connectivity index (χ1) is 13.2. The van der Waals surface area contributed by atoms with Crippen molar-refractivity contribution in [2.75, 3.05) is 6.54 Å². The third-order valence-electron chi connectivity index (χ3n) is 4.89. The molecule has 2 aromatic carbocycles. The van der Waals surface area contributed by atoms with Crippen molar-refractivity contribution in [3.63, 3.8) is 0 Å². The molecule has 0 spiro atoms. The average Bonchev–Trinajstić information content (AvgIpc) is 3.28. The maximum absolute atomic E-state index is 13.0. The van der Waals surface area contributed by atoms with Gasteiger partial charge in [0, 0.05) is 6.54 Å². The highest BCUT2D eigenvalue weighted by Gasteiger charge is 2.37. The molecule has 1 unspecified atom stereocenters. The van der Waals surface area contributed by atoms with Gasteiger partial charge in [-0.2, -0.15) is 17.5 Å². The van der Waals surface area contributed by atoms with E-state index in [1.54, 1.807) is 0 Å². The second-order valence-corrected chi connectivity index (χ2v) is 8.78. The lowest BCUT2D eigenvalue weighted by atomic mass is 10.1. The molecule has 9 heteroatoms. The molecular formula is C19H18F3N3O2S. The van der Waals surface area contributed by atoms with Crippen molar-refractivity contribution in [2.45, 2.75) is 30.8 Å². The molecule has 1 N–H and O–H groups in total. The number of aromatic amines is 1. The van der Waals surface area contributed by atoms with Gasteiger partial charge in [-0.15, -0.1) is 0 Å². The summed E-state index contributed by atoms with van der Waals surface area (Å²) >= 11 is 0. The van der Waals surface area contributed by atoms with E-state index in [2.05, 4.69) is 9.97 Å². The van der Waals surface area contributed by atoms with Gasteiger partial charge in [0.15, 0.2) is 0 Å². The van der Waals surface area contributed by atoms with Gasteiger partial charge in [0.1, 0.15) is 5.82 Å². The summed E-state index contributed by atoms with van der Waals surface area (Å²) in [5.74, 6) is 0.0829. The molecule has 0 bridgehead atoms. The van der Waals surface area contributed by atoms with Crippen LogP contribution in [0, 0.1) is 0 Å². The molecule has 1 aliphatic heterocycles. The van der Waals surface area contributed by atoms with Crippen LogP contribution in [0.5, 0.6) is 0 Å². The lowest BCUT2D eigenvalue weighted by molar-refractivity contribution is -0.137. The number of H-pyrrole nitrogens is 1. The molecule has 148 valence electrons. The SMILES string of the molecule is O=S(=O)(Cc1cccc(C(F)(F)F)c1)N1CCCC1c1nc2ccccc2[nH]1. The second-order valence-electron chi connectivity index (χ2n) is 6.86. The Labute approximate surface area is 160 Å². The predicted octanol–water partition coefficient (Wildman–Crippen LogP) is 4.25. The van der Waals surface area contributed by atoms with Crippen LogP contribution >= 0.6 is 0 Å². The van der Waals surface area contributed by atoms with E-state index in [0.29, 0.717) is 25.2 Å². The van der Waals surface area contributed by atoms with Crippen LogP contribution in [0.2, 0.25) is 0 Å². The van der Waals surface area contributed by atoms with Crippen molar-refractivity contribution in [2.24, 2.45) is 0 Å². The van der Waals surface area contributed by atoms with Crippen molar-refractivity contribution in [3.05, 3.63) is 65.5 Å². The zero-order valence-electron chi connectivity index (χ0n) is 14.8. The molecule has 3 aromatic rings. The topological polar surface area (TPSA) is 66.1 Å². The van der Waals surface area contributed by atoms with Crippen LogP contribution in [-0.2, 0) is 22.0 Å². The average molecular weight is 409 g/mol. The molecule has 2 heterocycles. The quantitative estimate of drug-likeness (QED) is 0.701. The Balaban J connectivity index is 1.61. The number of nitrogens with one attached hydrogen (secondary N) is 1. The van der Waals surface area contributed by atoms with Crippen molar-refractivity contribution < 1.29 is 21.6 Å². The molecule has 1 aliphatic rings. The molecule has 0 amide bonds. The zero-order chi connectivity index (χ0) is 19.9.